The van der Waals surface area contributed by atoms with Gasteiger partial charge in [0.05, 0.1) is 0 Å². The van der Waals surface area contributed by atoms with Gasteiger partial charge in [-0.2, -0.15) is 4.98 Å². The van der Waals surface area contributed by atoms with Crippen LogP contribution in [0, 0.1) is 0 Å². The molecule has 6 heteroatoms. The second-order valence-electron chi connectivity index (χ2n) is 4.40. The Hall–Kier alpha value is -2.50. The molecule has 0 bridgehead atoms. The Kier molecular flexibility index (Phi) is 2.83. The number of anilines is 1. The Labute approximate surface area is 109 Å². The van der Waals surface area contributed by atoms with Crippen LogP contribution in [-0.2, 0) is 4.79 Å². The van der Waals surface area contributed by atoms with Gasteiger partial charge in [-0.15, -0.1) is 5.10 Å². The fraction of sp³-hybridized carbons (Fsp3) is 0.231. The number of pyridine rings is 1. The molecule has 0 aliphatic carbocycles. The van der Waals surface area contributed by atoms with Crippen molar-refractivity contribution in [2.24, 2.45) is 4.99 Å². The van der Waals surface area contributed by atoms with Gasteiger partial charge in [0.1, 0.15) is 0 Å². The van der Waals surface area contributed by atoms with Crippen LogP contribution in [0.4, 0.5) is 5.95 Å². The number of nitrogens with one attached hydrogen (secondary N) is 1. The number of hydrogen-bond acceptors (Lipinski definition) is 4. The lowest BCUT2D eigenvalue weighted by atomic mass is 9.97. The van der Waals surface area contributed by atoms with Gasteiger partial charge in [0.15, 0.2) is 5.65 Å². The summed E-state index contributed by atoms with van der Waals surface area (Å²) in [5, 5.41) is 6.80. The molecule has 1 aliphatic heterocycles. The predicted molar refractivity (Wildman–Crippen MR) is 72.3 cm³/mol. The van der Waals surface area contributed by atoms with E-state index in [0.29, 0.717) is 17.5 Å². The minimum atomic E-state index is -0.178. The summed E-state index contributed by atoms with van der Waals surface area (Å²) >= 11 is 0. The van der Waals surface area contributed by atoms with Crippen LogP contribution in [0.2, 0.25) is 0 Å². The van der Waals surface area contributed by atoms with E-state index >= 15 is 0 Å². The van der Waals surface area contributed by atoms with Crippen molar-refractivity contribution >= 4 is 23.7 Å². The first-order valence-corrected chi connectivity index (χ1v) is 6.04. The average Bonchev–Trinajstić information content (AvgIpc) is 2.79. The Morgan fingerprint density at radius 1 is 1.47 bits per heavy atom. The second kappa shape index (κ2) is 4.64. The molecule has 0 aromatic carbocycles. The molecule has 0 radical (unpaired) electrons. The van der Waals surface area contributed by atoms with E-state index in [-0.39, 0.29) is 5.91 Å². The fourth-order valence-electron chi connectivity index (χ4n) is 2.04. The maximum absolute atomic E-state index is 11.0. The molecule has 3 rings (SSSR count). The molecule has 0 saturated heterocycles. The molecule has 6 nitrogen and oxygen atoms in total. The Morgan fingerprint density at radius 2 is 2.37 bits per heavy atom. The van der Waals surface area contributed by atoms with Crippen molar-refractivity contribution in [3.05, 3.63) is 36.2 Å². The highest BCUT2D eigenvalue weighted by Gasteiger charge is 2.11. The zero-order valence-electron chi connectivity index (χ0n) is 10.4. The van der Waals surface area contributed by atoms with E-state index in [1.54, 1.807) is 4.52 Å². The molecular weight excluding hydrogens is 242 g/mol. The summed E-state index contributed by atoms with van der Waals surface area (Å²) < 4.78 is 1.68. The monoisotopic (exact) mass is 255 g/mol. The summed E-state index contributed by atoms with van der Waals surface area (Å²) in [6.07, 6.45) is 8.59. The number of aromatic nitrogens is 3. The number of fused-ring (bicyclic) bond motifs is 1. The molecule has 1 N–H and O–H groups in total. The molecule has 0 saturated carbocycles. The molecule has 96 valence electrons. The summed E-state index contributed by atoms with van der Waals surface area (Å²) in [6, 6.07) is 3.92. The maximum Gasteiger partial charge on any atom is 0.249 e. The molecule has 3 heterocycles. The lowest BCUT2D eigenvalue weighted by molar-refractivity contribution is -0.114. The van der Waals surface area contributed by atoms with Crippen LogP contribution in [0.1, 0.15) is 24.8 Å². The van der Waals surface area contributed by atoms with Crippen LogP contribution in [0.25, 0.3) is 5.65 Å². The van der Waals surface area contributed by atoms with E-state index in [1.165, 1.54) is 6.92 Å². The first-order valence-electron chi connectivity index (χ1n) is 6.04. The van der Waals surface area contributed by atoms with Crippen molar-refractivity contribution in [3.63, 3.8) is 0 Å². The molecular formula is C13H13N5O. The van der Waals surface area contributed by atoms with E-state index in [4.69, 9.17) is 0 Å². The zero-order valence-corrected chi connectivity index (χ0v) is 10.4. The number of aliphatic imine (C=N–C) groups is 1. The molecule has 2 aromatic heterocycles. The van der Waals surface area contributed by atoms with E-state index in [1.807, 2.05) is 30.7 Å². The molecule has 0 spiro atoms. The quantitative estimate of drug-likeness (QED) is 0.888. The summed E-state index contributed by atoms with van der Waals surface area (Å²) in [5.41, 5.74) is 1.86. The third kappa shape index (κ3) is 2.37. The third-order valence-electron chi connectivity index (χ3n) is 2.94. The zero-order chi connectivity index (χ0) is 13.2. The van der Waals surface area contributed by atoms with Gasteiger partial charge in [0.2, 0.25) is 11.9 Å². The molecule has 1 atom stereocenters. The number of carbonyl (C=O) groups is 1. The van der Waals surface area contributed by atoms with Gasteiger partial charge in [0, 0.05) is 31.5 Å². The molecule has 1 amide bonds. The molecule has 1 aliphatic rings. The largest absolute Gasteiger partial charge is 0.293 e. The number of amides is 1. The number of nitrogens with zero attached hydrogens (tertiary/aromatic N) is 4. The van der Waals surface area contributed by atoms with Crippen LogP contribution in [0.3, 0.4) is 0 Å². The summed E-state index contributed by atoms with van der Waals surface area (Å²) in [5.74, 6) is 0.461. The van der Waals surface area contributed by atoms with Gasteiger partial charge in [-0.25, -0.2) is 4.52 Å². The fourth-order valence-corrected chi connectivity index (χ4v) is 2.04. The van der Waals surface area contributed by atoms with Gasteiger partial charge in [-0.05, 0) is 18.1 Å². The maximum atomic E-state index is 11.0. The van der Waals surface area contributed by atoms with Crippen molar-refractivity contribution in [2.75, 3.05) is 5.32 Å². The minimum absolute atomic E-state index is 0.178. The summed E-state index contributed by atoms with van der Waals surface area (Å²) in [4.78, 5) is 19.3. The average molecular weight is 255 g/mol. The van der Waals surface area contributed by atoms with Gasteiger partial charge in [-0.3, -0.25) is 15.1 Å². The van der Waals surface area contributed by atoms with Crippen molar-refractivity contribution in [1.29, 1.82) is 0 Å². The van der Waals surface area contributed by atoms with Crippen LogP contribution in [0.15, 0.2) is 35.6 Å². The second-order valence-corrected chi connectivity index (χ2v) is 4.40. The van der Waals surface area contributed by atoms with Crippen LogP contribution in [0.5, 0.6) is 0 Å². The van der Waals surface area contributed by atoms with Crippen molar-refractivity contribution in [1.82, 2.24) is 14.6 Å². The van der Waals surface area contributed by atoms with Gasteiger partial charge in [0.25, 0.3) is 0 Å². The lowest BCUT2D eigenvalue weighted by Crippen LogP contribution is -2.07. The van der Waals surface area contributed by atoms with Crippen LogP contribution in [-0.4, -0.2) is 26.7 Å². The highest BCUT2D eigenvalue weighted by molar-refractivity contribution is 5.86. The normalized spacial score (nSPS) is 17.8. The van der Waals surface area contributed by atoms with Crippen molar-refractivity contribution < 1.29 is 4.79 Å². The SMILES string of the molecule is CC(=O)Nc1nc2ccc(C3C=CN=CC3)cn2n1. The van der Waals surface area contributed by atoms with Gasteiger partial charge in [-0.1, -0.05) is 12.1 Å². The van der Waals surface area contributed by atoms with E-state index in [2.05, 4.69) is 26.5 Å². The van der Waals surface area contributed by atoms with Crippen molar-refractivity contribution in [2.45, 2.75) is 19.3 Å². The van der Waals surface area contributed by atoms with E-state index < -0.39 is 0 Å². The van der Waals surface area contributed by atoms with E-state index in [0.717, 1.165) is 12.0 Å². The number of rotatable bonds is 2. The highest BCUT2D eigenvalue weighted by atomic mass is 16.1. The molecule has 1 unspecified atom stereocenters. The number of hydrogen-bond donors (Lipinski definition) is 1. The number of allylic oxidation sites excluding steroid dienone is 1. The molecule has 2 aromatic rings. The first-order chi connectivity index (χ1) is 9.22. The van der Waals surface area contributed by atoms with Crippen LogP contribution >= 0.6 is 0 Å². The lowest BCUT2D eigenvalue weighted by Gasteiger charge is -2.12. The Morgan fingerprint density at radius 3 is 3.11 bits per heavy atom. The van der Waals surface area contributed by atoms with Gasteiger partial charge >= 0.3 is 0 Å². The highest BCUT2D eigenvalue weighted by Crippen LogP contribution is 2.23. The summed E-state index contributed by atoms with van der Waals surface area (Å²) in [7, 11) is 0. The molecule has 0 fully saturated rings. The predicted octanol–water partition coefficient (Wildman–Crippen LogP) is 1.76. The Bertz CT molecular complexity index is 685. The molecule has 19 heavy (non-hydrogen) atoms. The summed E-state index contributed by atoms with van der Waals surface area (Å²) in [6.45, 7) is 1.43. The third-order valence-corrected chi connectivity index (χ3v) is 2.94. The smallest absolute Gasteiger partial charge is 0.249 e. The minimum Gasteiger partial charge on any atom is -0.293 e. The van der Waals surface area contributed by atoms with Crippen LogP contribution < -0.4 is 5.32 Å². The standard InChI is InChI=1S/C13H13N5O/c1-9(19)15-13-16-12-3-2-11(8-18(12)17-13)10-4-6-14-7-5-10/h2-4,6-8,10H,5H2,1H3,(H,15,17,19). The topological polar surface area (TPSA) is 71.7 Å². The number of carbonyl (C=O) groups excluding carboxylic acids is 1. The van der Waals surface area contributed by atoms with Crippen molar-refractivity contribution in [3.8, 4) is 0 Å². The first kappa shape index (κ1) is 11.6. The van der Waals surface area contributed by atoms with Gasteiger partial charge < -0.3 is 0 Å². The van der Waals surface area contributed by atoms with E-state index in [9.17, 15) is 4.79 Å². The Balaban J connectivity index is 1.94.